The first-order valence-corrected chi connectivity index (χ1v) is 11.8. The number of ether oxygens (including phenoxy) is 2. The van der Waals surface area contributed by atoms with Crippen molar-refractivity contribution in [3.8, 4) is 17.0 Å². The zero-order chi connectivity index (χ0) is 24.9. The number of rotatable bonds is 6. The van der Waals surface area contributed by atoms with Gasteiger partial charge in [0.2, 0.25) is 11.8 Å². The Morgan fingerprint density at radius 1 is 1.22 bits per heavy atom. The predicted octanol–water partition coefficient (Wildman–Crippen LogP) is 4.16. The summed E-state index contributed by atoms with van der Waals surface area (Å²) in [5.74, 6) is -0.247. The fourth-order valence-electron chi connectivity index (χ4n) is 5.00. The molecule has 8 nitrogen and oxygen atoms in total. The average Bonchev–Trinajstić information content (AvgIpc) is 3.27. The molecule has 36 heavy (non-hydrogen) atoms. The monoisotopic (exact) mass is 498 g/mol. The van der Waals surface area contributed by atoms with Crippen molar-refractivity contribution in [2.24, 2.45) is 0 Å². The smallest absolute Gasteiger partial charge is 0.388 e. The van der Waals surface area contributed by atoms with Crippen LogP contribution in [0.25, 0.3) is 27.5 Å². The van der Waals surface area contributed by atoms with Crippen LogP contribution in [0.4, 0.5) is 19.1 Å². The number of piperidine rings is 1. The van der Waals surface area contributed by atoms with Crippen LogP contribution in [0.2, 0.25) is 0 Å². The van der Waals surface area contributed by atoms with Crippen LogP contribution in [0.15, 0.2) is 48.8 Å². The lowest BCUT2D eigenvalue weighted by Gasteiger charge is -2.50. The maximum atomic E-state index is 15.1. The van der Waals surface area contributed by atoms with Gasteiger partial charge in [-0.1, -0.05) is 12.1 Å². The summed E-state index contributed by atoms with van der Waals surface area (Å²) in [7, 11) is 0. The molecule has 1 aromatic carbocycles. The van der Waals surface area contributed by atoms with Crippen molar-refractivity contribution in [2.45, 2.75) is 37.7 Å². The van der Waals surface area contributed by atoms with E-state index in [1.54, 1.807) is 18.5 Å². The summed E-state index contributed by atoms with van der Waals surface area (Å²) in [5, 5.41) is 8.35. The second-order valence-corrected chi connectivity index (χ2v) is 9.54. The summed E-state index contributed by atoms with van der Waals surface area (Å²) in [4.78, 5) is 10.7. The quantitative estimate of drug-likeness (QED) is 0.428. The van der Waals surface area contributed by atoms with Crippen molar-refractivity contribution < 1.29 is 22.6 Å². The van der Waals surface area contributed by atoms with Crippen LogP contribution in [0.1, 0.15) is 13.3 Å². The van der Waals surface area contributed by atoms with Gasteiger partial charge in [0.25, 0.3) is 0 Å². The van der Waals surface area contributed by atoms with E-state index in [0.29, 0.717) is 37.3 Å². The molecule has 3 aromatic heterocycles. The van der Waals surface area contributed by atoms with Gasteiger partial charge in [-0.25, -0.2) is 8.91 Å². The van der Waals surface area contributed by atoms with Gasteiger partial charge in [-0.15, -0.1) is 5.10 Å². The van der Waals surface area contributed by atoms with Crippen molar-refractivity contribution >= 4 is 22.4 Å². The highest BCUT2D eigenvalue weighted by atomic mass is 19.3. The maximum absolute atomic E-state index is 15.1. The Kier molecular flexibility index (Phi) is 5.68. The highest BCUT2D eigenvalue weighted by molar-refractivity contribution is 5.90. The zero-order valence-electron chi connectivity index (χ0n) is 19.6. The van der Waals surface area contributed by atoms with Crippen LogP contribution in [0, 0.1) is 0 Å². The standard InChI is InChI=1S/C25H25F3N6O2/c1-25(13-35-14-25)33-9-7-20(18(26)12-33)30-24-31-22(36-23(27)28)21-17(6-10-34(21)32-24)15-4-5-19-16(11-15)3-2-8-29-19/h2-6,8,10-11,18,20,23H,7,9,12-14H2,1H3,(H,30,32)/t18-,20+/m1/s1. The number of hydrogen-bond donors (Lipinski definition) is 1. The molecule has 0 spiro atoms. The Morgan fingerprint density at radius 2 is 2.08 bits per heavy atom. The average molecular weight is 499 g/mol. The molecule has 2 aliphatic rings. The van der Waals surface area contributed by atoms with Crippen LogP contribution in [0.5, 0.6) is 5.88 Å². The molecule has 188 valence electrons. The number of fused-ring (bicyclic) bond motifs is 2. The van der Waals surface area contributed by atoms with E-state index in [0.717, 1.165) is 16.5 Å². The van der Waals surface area contributed by atoms with Gasteiger partial charge in [0.15, 0.2) is 0 Å². The third-order valence-electron chi connectivity index (χ3n) is 7.04. The van der Waals surface area contributed by atoms with E-state index in [1.165, 1.54) is 4.52 Å². The molecule has 1 N–H and O–H groups in total. The van der Waals surface area contributed by atoms with Gasteiger partial charge in [0.1, 0.15) is 11.7 Å². The van der Waals surface area contributed by atoms with Crippen molar-refractivity contribution in [1.82, 2.24) is 24.5 Å². The Labute approximate surface area is 205 Å². The summed E-state index contributed by atoms with van der Waals surface area (Å²) >= 11 is 0. The molecule has 2 aliphatic heterocycles. The summed E-state index contributed by atoms with van der Waals surface area (Å²) < 4.78 is 53.3. The fourth-order valence-corrected chi connectivity index (χ4v) is 5.00. The third-order valence-corrected chi connectivity index (χ3v) is 7.04. The number of alkyl halides is 3. The van der Waals surface area contributed by atoms with Gasteiger partial charge in [-0.3, -0.25) is 9.88 Å². The van der Waals surface area contributed by atoms with E-state index in [4.69, 9.17) is 9.47 Å². The van der Waals surface area contributed by atoms with Crippen LogP contribution in [-0.4, -0.2) is 75.1 Å². The molecule has 5 heterocycles. The van der Waals surface area contributed by atoms with Crippen LogP contribution in [-0.2, 0) is 4.74 Å². The molecule has 4 aromatic rings. The van der Waals surface area contributed by atoms with Gasteiger partial charge < -0.3 is 14.8 Å². The molecule has 0 bridgehead atoms. The molecule has 6 rings (SSSR count). The number of halogens is 3. The summed E-state index contributed by atoms with van der Waals surface area (Å²) in [5.41, 5.74) is 2.40. The lowest BCUT2D eigenvalue weighted by Crippen LogP contribution is -2.64. The number of benzene rings is 1. The number of nitrogens with zero attached hydrogens (tertiary/aromatic N) is 5. The first-order chi connectivity index (χ1) is 17.4. The first-order valence-electron chi connectivity index (χ1n) is 11.8. The van der Waals surface area contributed by atoms with Crippen molar-refractivity contribution in [3.63, 3.8) is 0 Å². The highest BCUT2D eigenvalue weighted by Gasteiger charge is 2.43. The van der Waals surface area contributed by atoms with Gasteiger partial charge in [0.05, 0.1) is 30.3 Å². The number of pyridine rings is 1. The first kappa shape index (κ1) is 23.0. The van der Waals surface area contributed by atoms with Gasteiger partial charge in [-0.2, -0.15) is 13.8 Å². The number of hydrogen-bond acceptors (Lipinski definition) is 7. The molecular weight excluding hydrogens is 473 g/mol. The van der Waals surface area contributed by atoms with Crippen molar-refractivity contribution in [2.75, 3.05) is 31.6 Å². The summed E-state index contributed by atoms with van der Waals surface area (Å²) in [6.45, 7) is 1.11. The maximum Gasteiger partial charge on any atom is 0.388 e. The topological polar surface area (TPSA) is 76.8 Å². The minimum atomic E-state index is -3.08. The Bertz CT molecular complexity index is 1410. The number of anilines is 1. The van der Waals surface area contributed by atoms with E-state index in [9.17, 15) is 8.78 Å². The van der Waals surface area contributed by atoms with E-state index in [-0.39, 0.29) is 23.9 Å². The molecule has 0 unspecified atom stereocenters. The molecule has 11 heteroatoms. The van der Waals surface area contributed by atoms with E-state index >= 15 is 4.39 Å². The molecule has 0 amide bonds. The van der Waals surface area contributed by atoms with Gasteiger partial charge in [0, 0.05) is 36.4 Å². The summed E-state index contributed by atoms with van der Waals surface area (Å²) in [6.07, 6.45) is 2.70. The van der Waals surface area contributed by atoms with E-state index in [1.807, 2.05) is 30.3 Å². The third kappa shape index (κ3) is 4.11. The fraction of sp³-hybridized carbons (Fsp3) is 0.400. The lowest BCUT2D eigenvalue weighted by molar-refractivity contribution is -0.142. The van der Waals surface area contributed by atoms with Crippen LogP contribution >= 0.6 is 0 Å². The lowest BCUT2D eigenvalue weighted by atomic mass is 9.92. The van der Waals surface area contributed by atoms with Gasteiger partial charge >= 0.3 is 6.61 Å². The Balaban J connectivity index is 1.31. The van der Waals surface area contributed by atoms with Gasteiger partial charge in [-0.05, 0) is 43.2 Å². The largest absolute Gasteiger partial charge is 0.414 e. The second kappa shape index (κ2) is 8.90. The Hall–Kier alpha value is -3.44. The second-order valence-electron chi connectivity index (χ2n) is 9.54. The van der Waals surface area contributed by atoms with E-state index < -0.39 is 18.8 Å². The number of nitrogens with one attached hydrogen (secondary N) is 1. The molecule has 2 fully saturated rings. The number of likely N-dealkylation sites (tertiary alicyclic amines) is 1. The van der Waals surface area contributed by atoms with E-state index in [2.05, 4.69) is 32.2 Å². The minimum Gasteiger partial charge on any atom is -0.414 e. The molecular formula is C25H25F3N6O2. The molecule has 2 atom stereocenters. The van der Waals surface area contributed by atoms with Crippen LogP contribution < -0.4 is 10.1 Å². The minimum absolute atomic E-state index is 0.0299. The molecule has 0 aliphatic carbocycles. The predicted molar refractivity (Wildman–Crippen MR) is 128 cm³/mol. The molecule has 0 radical (unpaired) electrons. The molecule has 0 saturated carbocycles. The summed E-state index contributed by atoms with van der Waals surface area (Å²) in [6, 6.07) is 10.6. The highest BCUT2D eigenvalue weighted by Crippen LogP contribution is 2.34. The van der Waals surface area contributed by atoms with Crippen molar-refractivity contribution in [3.05, 3.63) is 48.8 Å². The Morgan fingerprint density at radius 3 is 2.83 bits per heavy atom. The zero-order valence-corrected chi connectivity index (χ0v) is 19.6. The van der Waals surface area contributed by atoms with Crippen molar-refractivity contribution in [1.29, 1.82) is 0 Å². The number of aromatic nitrogens is 4. The molecule has 2 saturated heterocycles. The van der Waals surface area contributed by atoms with Crippen LogP contribution in [0.3, 0.4) is 0 Å². The SMILES string of the molecule is CC1(N2CC[C@H](Nc3nc(OC(F)F)c4c(-c5ccc6ncccc6c5)ccn4n3)[C@H](F)C2)COC1. The normalized spacial score (nSPS) is 22.1.